The van der Waals surface area contributed by atoms with Gasteiger partial charge in [0.1, 0.15) is 18.1 Å². The molecule has 0 aliphatic rings. The molecule has 0 fully saturated rings. The number of nitrogens with one attached hydrogen (secondary N) is 2. The second-order valence-corrected chi connectivity index (χ2v) is 6.76. The van der Waals surface area contributed by atoms with E-state index in [4.69, 9.17) is 4.74 Å². The van der Waals surface area contributed by atoms with Crippen LogP contribution in [0.4, 0.5) is 5.69 Å². The number of aromatic amines is 1. The Balaban J connectivity index is 1.41. The maximum atomic E-state index is 12.4. The number of hydrogen-bond donors (Lipinski definition) is 2. The number of rotatable bonds is 7. The highest BCUT2D eigenvalue weighted by Crippen LogP contribution is 2.22. The first-order valence-corrected chi connectivity index (χ1v) is 9.46. The number of hydrazone groups is 1. The van der Waals surface area contributed by atoms with Gasteiger partial charge in [0.05, 0.1) is 11.1 Å². The van der Waals surface area contributed by atoms with Crippen LogP contribution in [0.5, 0.6) is 5.75 Å². The van der Waals surface area contributed by atoms with Crippen LogP contribution in [0.2, 0.25) is 0 Å². The van der Waals surface area contributed by atoms with E-state index in [-0.39, 0.29) is 5.69 Å². The summed E-state index contributed by atoms with van der Waals surface area (Å²) in [6, 6.07) is 23.1. The lowest BCUT2D eigenvalue weighted by molar-refractivity contribution is -0.384. The minimum Gasteiger partial charge on any atom is -0.489 e. The van der Waals surface area contributed by atoms with Gasteiger partial charge in [0, 0.05) is 28.6 Å². The van der Waals surface area contributed by atoms with Gasteiger partial charge in [0.2, 0.25) is 0 Å². The molecular weight excluding hydrogens is 396 g/mol. The van der Waals surface area contributed by atoms with Crippen LogP contribution in [0.1, 0.15) is 21.6 Å². The maximum Gasteiger partial charge on any atom is 0.287 e. The predicted octanol–water partition coefficient (Wildman–Crippen LogP) is 4.42. The number of aromatic nitrogens is 1. The molecule has 4 rings (SSSR count). The fourth-order valence-corrected chi connectivity index (χ4v) is 3.01. The molecule has 0 radical (unpaired) electrons. The molecule has 1 amide bonds. The van der Waals surface area contributed by atoms with Gasteiger partial charge in [-0.05, 0) is 29.8 Å². The highest BCUT2D eigenvalue weighted by molar-refractivity contribution is 5.98. The van der Waals surface area contributed by atoms with E-state index in [0.29, 0.717) is 23.6 Å². The van der Waals surface area contributed by atoms with Crippen LogP contribution < -0.4 is 10.2 Å². The van der Waals surface area contributed by atoms with Crippen molar-refractivity contribution < 1.29 is 14.5 Å². The van der Waals surface area contributed by atoms with Crippen molar-refractivity contribution >= 4 is 28.7 Å². The lowest BCUT2D eigenvalue weighted by Crippen LogP contribution is -2.17. The third kappa shape index (κ3) is 4.94. The minimum atomic E-state index is -0.488. The molecule has 2 N–H and O–H groups in total. The fraction of sp³-hybridized carbons (Fsp3) is 0.0435. The molecule has 1 aromatic heterocycles. The van der Waals surface area contributed by atoms with E-state index in [1.807, 2.05) is 48.5 Å². The van der Waals surface area contributed by atoms with Crippen molar-refractivity contribution in [3.63, 3.8) is 0 Å². The number of hydrogen-bond acceptors (Lipinski definition) is 5. The average molecular weight is 414 g/mol. The van der Waals surface area contributed by atoms with Gasteiger partial charge in [-0.25, -0.2) is 5.43 Å². The summed E-state index contributed by atoms with van der Waals surface area (Å²) in [5.41, 5.74) is 5.08. The summed E-state index contributed by atoms with van der Waals surface area (Å²) in [7, 11) is 0. The van der Waals surface area contributed by atoms with Crippen molar-refractivity contribution in [2.75, 3.05) is 0 Å². The zero-order chi connectivity index (χ0) is 21.6. The normalized spacial score (nSPS) is 11.0. The van der Waals surface area contributed by atoms with Crippen LogP contribution in [-0.2, 0) is 6.61 Å². The molecule has 8 nitrogen and oxygen atoms in total. The Kier molecular flexibility index (Phi) is 5.70. The van der Waals surface area contributed by atoms with Crippen molar-refractivity contribution in [1.82, 2.24) is 10.4 Å². The Labute approximate surface area is 177 Å². The van der Waals surface area contributed by atoms with Crippen molar-refractivity contribution in [2.24, 2.45) is 5.10 Å². The Morgan fingerprint density at radius 2 is 1.90 bits per heavy atom. The number of nitrogens with zero attached hydrogens (tertiary/aromatic N) is 2. The molecule has 0 unspecified atom stereocenters. The van der Waals surface area contributed by atoms with Gasteiger partial charge in [0.15, 0.2) is 0 Å². The second kappa shape index (κ2) is 8.91. The van der Waals surface area contributed by atoms with Crippen molar-refractivity contribution in [3.05, 3.63) is 106 Å². The van der Waals surface area contributed by atoms with Crippen molar-refractivity contribution in [1.29, 1.82) is 0 Å². The van der Waals surface area contributed by atoms with E-state index < -0.39 is 10.8 Å². The van der Waals surface area contributed by atoms with E-state index >= 15 is 0 Å². The van der Waals surface area contributed by atoms with Crippen LogP contribution >= 0.6 is 0 Å². The standard InChI is InChI=1S/C23H18N4O4/c28-23(26-24-14-17-7-4-8-19(11-17)27(29)30)22-13-18-12-20(9-10-21(18)25-22)31-15-16-5-2-1-3-6-16/h1-14,25H,15H2,(H,26,28)/b24-14-. The first-order chi connectivity index (χ1) is 15.1. The molecule has 8 heteroatoms. The summed E-state index contributed by atoms with van der Waals surface area (Å²) in [5.74, 6) is 0.274. The summed E-state index contributed by atoms with van der Waals surface area (Å²) < 4.78 is 5.82. The fourth-order valence-electron chi connectivity index (χ4n) is 3.01. The number of amides is 1. The highest BCUT2D eigenvalue weighted by Gasteiger charge is 2.10. The number of carbonyl (C=O) groups is 1. The largest absolute Gasteiger partial charge is 0.489 e. The molecule has 0 saturated carbocycles. The highest BCUT2D eigenvalue weighted by atomic mass is 16.6. The average Bonchev–Trinajstić information content (AvgIpc) is 3.22. The van der Waals surface area contributed by atoms with Gasteiger partial charge in [0.25, 0.3) is 11.6 Å². The zero-order valence-corrected chi connectivity index (χ0v) is 16.3. The minimum absolute atomic E-state index is 0.0452. The number of non-ortho nitro benzene ring substituents is 1. The molecule has 154 valence electrons. The van der Waals surface area contributed by atoms with E-state index in [1.54, 1.807) is 18.2 Å². The number of nitro benzene ring substituents is 1. The van der Waals surface area contributed by atoms with Crippen LogP contribution in [0.3, 0.4) is 0 Å². The van der Waals surface area contributed by atoms with Gasteiger partial charge < -0.3 is 9.72 Å². The van der Waals surface area contributed by atoms with Crippen LogP contribution in [0.25, 0.3) is 10.9 Å². The summed E-state index contributed by atoms with van der Waals surface area (Å²) in [6.45, 7) is 0.455. The maximum absolute atomic E-state index is 12.4. The lowest BCUT2D eigenvalue weighted by Gasteiger charge is -2.06. The number of ether oxygens (including phenoxy) is 1. The zero-order valence-electron chi connectivity index (χ0n) is 16.3. The quantitative estimate of drug-likeness (QED) is 0.265. The molecule has 4 aromatic rings. The van der Waals surface area contributed by atoms with E-state index in [9.17, 15) is 14.9 Å². The Bertz CT molecular complexity index is 1270. The Morgan fingerprint density at radius 3 is 2.71 bits per heavy atom. The first-order valence-electron chi connectivity index (χ1n) is 9.46. The summed E-state index contributed by atoms with van der Waals surface area (Å²) in [5, 5.41) is 15.5. The smallest absolute Gasteiger partial charge is 0.287 e. The predicted molar refractivity (Wildman–Crippen MR) is 117 cm³/mol. The summed E-state index contributed by atoms with van der Waals surface area (Å²) in [4.78, 5) is 25.8. The van der Waals surface area contributed by atoms with E-state index in [2.05, 4.69) is 15.5 Å². The van der Waals surface area contributed by atoms with Gasteiger partial charge in [-0.2, -0.15) is 5.10 Å². The molecule has 0 saturated heterocycles. The number of carbonyl (C=O) groups excluding carboxylic acids is 1. The van der Waals surface area contributed by atoms with Gasteiger partial charge in [-0.1, -0.05) is 42.5 Å². The number of fused-ring (bicyclic) bond motifs is 1. The molecule has 0 aliphatic carbocycles. The second-order valence-electron chi connectivity index (χ2n) is 6.76. The molecule has 3 aromatic carbocycles. The van der Waals surface area contributed by atoms with Gasteiger partial charge in [-0.15, -0.1) is 0 Å². The van der Waals surface area contributed by atoms with Crippen molar-refractivity contribution in [2.45, 2.75) is 6.61 Å². The molecule has 1 heterocycles. The van der Waals surface area contributed by atoms with Crippen molar-refractivity contribution in [3.8, 4) is 5.75 Å². The van der Waals surface area contributed by atoms with Crippen LogP contribution in [0.15, 0.2) is 84.0 Å². The molecule has 0 spiro atoms. The summed E-state index contributed by atoms with van der Waals surface area (Å²) in [6.07, 6.45) is 1.35. The van der Waals surface area contributed by atoms with Crippen LogP contribution in [0, 0.1) is 10.1 Å². The molecule has 31 heavy (non-hydrogen) atoms. The molecular formula is C23H18N4O4. The van der Waals surface area contributed by atoms with E-state index in [1.165, 1.54) is 18.3 Å². The van der Waals surface area contributed by atoms with E-state index in [0.717, 1.165) is 16.5 Å². The molecule has 0 bridgehead atoms. The van der Waals surface area contributed by atoms with Crippen LogP contribution in [-0.4, -0.2) is 22.0 Å². The first kappa shape index (κ1) is 19.8. The Hall–Kier alpha value is -4.46. The molecule has 0 atom stereocenters. The number of nitro groups is 1. The SMILES string of the molecule is O=C(N/N=C\c1cccc([N+](=O)[O-])c1)c1cc2cc(OCc3ccccc3)ccc2[nH]1. The number of H-pyrrole nitrogens is 1. The molecule has 0 aliphatic heterocycles. The summed E-state index contributed by atoms with van der Waals surface area (Å²) >= 11 is 0. The third-order valence-electron chi connectivity index (χ3n) is 4.55. The van der Waals surface area contributed by atoms with Gasteiger partial charge in [-0.3, -0.25) is 14.9 Å². The van der Waals surface area contributed by atoms with Gasteiger partial charge >= 0.3 is 0 Å². The number of benzene rings is 3. The topological polar surface area (TPSA) is 110 Å². The third-order valence-corrected chi connectivity index (χ3v) is 4.55. The lowest BCUT2D eigenvalue weighted by atomic mass is 10.2. The monoisotopic (exact) mass is 414 g/mol. The Morgan fingerprint density at radius 1 is 1.06 bits per heavy atom.